The van der Waals surface area contributed by atoms with Crippen molar-refractivity contribution in [3.63, 3.8) is 0 Å². The fraction of sp³-hybridized carbons (Fsp3) is 0.500. The maximum atomic E-state index is 6.04. The number of hydrogen-bond acceptors (Lipinski definition) is 3. The molecule has 1 aromatic carbocycles. The van der Waals surface area contributed by atoms with Gasteiger partial charge in [-0.25, -0.2) is 4.99 Å². The molecular formula is C20H30IN5O. The SMILES string of the molecule is CCNC(=NCc1ccc(C)cc1OCC1CC1)NCCn1cccn1.I. The van der Waals surface area contributed by atoms with Crippen LogP contribution in [0, 0.1) is 12.8 Å². The molecular weight excluding hydrogens is 453 g/mol. The first-order valence-corrected chi connectivity index (χ1v) is 9.46. The molecule has 0 aliphatic heterocycles. The number of aryl methyl sites for hydroxylation is 1. The van der Waals surface area contributed by atoms with E-state index in [9.17, 15) is 0 Å². The summed E-state index contributed by atoms with van der Waals surface area (Å²) in [5.74, 6) is 2.52. The number of hydrogen-bond donors (Lipinski definition) is 2. The van der Waals surface area contributed by atoms with E-state index < -0.39 is 0 Å². The Morgan fingerprint density at radius 2 is 2.19 bits per heavy atom. The number of aliphatic imine (C=N–C) groups is 1. The number of aromatic nitrogens is 2. The summed E-state index contributed by atoms with van der Waals surface area (Å²) < 4.78 is 7.95. The second-order valence-electron chi connectivity index (χ2n) is 6.76. The number of benzene rings is 1. The van der Waals surface area contributed by atoms with Gasteiger partial charge in [0.1, 0.15) is 5.75 Å². The predicted octanol–water partition coefficient (Wildman–Crippen LogP) is 3.35. The number of ether oxygens (including phenoxy) is 1. The lowest BCUT2D eigenvalue weighted by Crippen LogP contribution is -2.38. The van der Waals surface area contributed by atoms with Gasteiger partial charge in [-0.1, -0.05) is 12.1 Å². The summed E-state index contributed by atoms with van der Waals surface area (Å²) in [7, 11) is 0. The van der Waals surface area contributed by atoms with Crippen molar-refractivity contribution >= 4 is 29.9 Å². The van der Waals surface area contributed by atoms with Crippen molar-refractivity contribution in [3.05, 3.63) is 47.8 Å². The highest BCUT2D eigenvalue weighted by Gasteiger charge is 2.22. The van der Waals surface area contributed by atoms with Gasteiger partial charge in [0.05, 0.1) is 19.7 Å². The van der Waals surface area contributed by atoms with Gasteiger partial charge in [0, 0.05) is 31.0 Å². The van der Waals surface area contributed by atoms with Gasteiger partial charge in [-0.2, -0.15) is 5.10 Å². The topological polar surface area (TPSA) is 63.5 Å². The monoisotopic (exact) mass is 483 g/mol. The van der Waals surface area contributed by atoms with Crippen LogP contribution in [0.2, 0.25) is 0 Å². The zero-order valence-electron chi connectivity index (χ0n) is 16.1. The fourth-order valence-corrected chi connectivity index (χ4v) is 2.65. The Balaban J connectivity index is 0.00000261. The van der Waals surface area contributed by atoms with E-state index in [1.54, 1.807) is 6.20 Å². The minimum atomic E-state index is 0. The molecule has 1 aromatic heterocycles. The van der Waals surface area contributed by atoms with Gasteiger partial charge in [0.2, 0.25) is 0 Å². The average molecular weight is 483 g/mol. The molecule has 0 bridgehead atoms. The summed E-state index contributed by atoms with van der Waals surface area (Å²) in [6.07, 6.45) is 6.34. The molecule has 3 rings (SSSR count). The lowest BCUT2D eigenvalue weighted by atomic mass is 10.1. The van der Waals surface area contributed by atoms with Crippen molar-refractivity contribution in [1.82, 2.24) is 20.4 Å². The third-order valence-corrected chi connectivity index (χ3v) is 4.34. The molecule has 0 radical (unpaired) electrons. The molecule has 1 aliphatic carbocycles. The van der Waals surface area contributed by atoms with Crippen LogP contribution in [0.5, 0.6) is 5.75 Å². The molecule has 1 fully saturated rings. The Hall–Kier alpha value is -1.77. The van der Waals surface area contributed by atoms with E-state index >= 15 is 0 Å². The predicted molar refractivity (Wildman–Crippen MR) is 120 cm³/mol. The van der Waals surface area contributed by atoms with Crippen LogP contribution >= 0.6 is 24.0 Å². The first-order valence-electron chi connectivity index (χ1n) is 9.46. The molecule has 1 aliphatic rings. The first-order chi connectivity index (χ1) is 12.7. The number of nitrogens with one attached hydrogen (secondary N) is 2. The molecule has 148 valence electrons. The smallest absolute Gasteiger partial charge is 0.191 e. The Morgan fingerprint density at radius 1 is 1.33 bits per heavy atom. The van der Waals surface area contributed by atoms with Crippen LogP contribution in [0.15, 0.2) is 41.7 Å². The van der Waals surface area contributed by atoms with Gasteiger partial charge >= 0.3 is 0 Å². The largest absolute Gasteiger partial charge is 0.493 e. The minimum Gasteiger partial charge on any atom is -0.493 e. The molecule has 27 heavy (non-hydrogen) atoms. The zero-order chi connectivity index (χ0) is 18.2. The van der Waals surface area contributed by atoms with Crippen LogP contribution in [0.1, 0.15) is 30.9 Å². The van der Waals surface area contributed by atoms with Crippen molar-refractivity contribution in [1.29, 1.82) is 0 Å². The summed E-state index contributed by atoms with van der Waals surface area (Å²) in [5.41, 5.74) is 2.34. The highest BCUT2D eigenvalue weighted by Crippen LogP contribution is 2.30. The quantitative estimate of drug-likeness (QED) is 0.326. The summed E-state index contributed by atoms with van der Waals surface area (Å²) in [4.78, 5) is 4.72. The summed E-state index contributed by atoms with van der Waals surface area (Å²) in [6, 6.07) is 8.28. The van der Waals surface area contributed by atoms with E-state index in [0.29, 0.717) is 6.54 Å². The van der Waals surface area contributed by atoms with Crippen LogP contribution in [0.3, 0.4) is 0 Å². The lowest BCUT2D eigenvalue weighted by molar-refractivity contribution is 0.296. The maximum Gasteiger partial charge on any atom is 0.191 e. The molecule has 1 heterocycles. The number of rotatable bonds is 9. The molecule has 2 aromatic rings. The Morgan fingerprint density at radius 3 is 2.89 bits per heavy atom. The van der Waals surface area contributed by atoms with Crippen LogP contribution in [-0.4, -0.2) is 35.4 Å². The fourth-order valence-electron chi connectivity index (χ4n) is 2.65. The van der Waals surface area contributed by atoms with Crippen LogP contribution in [-0.2, 0) is 13.1 Å². The molecule has 2 N–H and O–H groups in total. The maximum absolute atomic E-state index is 6.04. The Labute approximate surface area is 178 Å². The molecule has 7 heteroatoms. The van der Waals surface area contributed by atoms with Crippen molar-refractivity contribution in [3.8, 4) is 5.75 Å². The third-order valence-electron chi connectivity index (χ3n) is 4.34. The normalized spacial score (nSPS) is 13.8. The van der Waals surface area contributed by atoms with Gasteiger partial charge in [0.15, 0.2) is 5.96 Å². The van der Waals surface area contributed by atoms with E-state index in [0.717, 1.165) is 49.4 Å². The van der Waals surface area contributed by atoms with Gasteiger partial charge in [-0.05, 0) is 50.3 Å². The standard InChI is InChI=1S/C20H29N5O.HI/c1-3-21-20(22-10-12-25-11-4-9-24-25)23-14-18-8-5-16(2)13-19(18)26-15-17-6-7-17;/h4-5,8-9,11,13,17H,3,6-7,10,12,14-15H2,1-2H3,(H2,21,22,23);1H. The van der Waals surface area contributed by atoms with Crippen molar-refractivity contribution in [2.45, 2.75) is 39.8 Å². The van der Waals surface area contributed by atoms with Gasteiger partial charge in [-0.15, -0.1) is 24.0 Å². The Bertz CT molecular complexity index is 713. The summed E-state index contributed by atoms with van der Waals surface area (Å²) >= 11 is 0. The molecule has 0 spiro atoms. The number of nitrogens with zero attached hydrogens (tertiary/aromatic N) is 3. The highest BCUT2D eigenvalue weighted by molar-refractivity contribution is 14.0. The first kappa shape index (κ1) is 21.5. The average Bonchev–Trinajstić information content (AvgIpc) is 3.33. The van der Waals surface area contributed by atoms with Crippen LogP contribution in [0.4, 0.5) is 0 Å². The van der Waals surface area contributed by atoms with Crippen molar-refractivity contribution in [2.75, 3.05) is 19.7 Å². The summed E-state index contributed by atoms with van der Waals surface area (Å²) in [5, 5.41) is 10.9. The second kappa shape index (κ2) is 11.2. The van der Waals surface area contributed by atoms with Crippen molar-refractivity contribution < 1.29 is 4.74 Å². The van der Waals surface area contributed by atoms with Gasteiger partial charge in [-0.3, -0.25) is 4.68 Å². The molecule has 6 nitrogen and oxygen atoms in total. The third kappa shape index (κ3) is 7.40. The molecule has 0 saturated heterocycles. The van der Waals surface area contributed by atoms with Crippen molar-refractivity contribution in [2.24, 2.45) is 10.9 Å². The number of guanidine groups is 1. The molecule has 0 amide bonds. The van der Waals surface area contributed by atoms with E-state index in [1.165, 1.54) is 18.4 Å². The van der Waals surface area contributed by atoms with Gasteiger partial charge < -0.3 is 15.4 Å². The van der Waals surface area contributed by atoms with E-state index in [-0.39, 0.29) is 24.0 Å². The second-order valence-corrected chi connectivity index (χ2v) is 6.76. The highest BCUT2D eigenvalue weighted by atomic mass is 127. The van der Waals surface area contributed by atoms with E-state index in [1.807, 2.05) is 16.9 Å². The summed E-state index contributed by atoms with van der Waals surface area (Å²) in [6.45, 7) is 7.98. The van der Waals surface area contributed by atoms with Crippen LogP contribution < -0.4 is 15.4 Å². The molecule has 0 unspecified atom stereocenters. The van der Waals surface area contributed by atoms with Gasteiger partial charge in [0.25, 0.3) is 0 Å². The molecule has 1 saturated carbocycles. The van der Waals surface area contributed by atoms with Crippen LogP contribution in [0.25, 0.3) is 0 Å². The Kier molecular flexibility index (Phi) is 8.90. The number of halogens is 1. The lowest BCUT2D eigenvalue weighted by Gasteiger charge is -2.13. The zero-order valence-corrected chi connectivity index (χ0v) is 18.5. The molecule has 0 atom stereocenters. The van der Waals surface area contributed by atoms with E-state index in [2.05, 4.69) is 47.8 Å². The van der Waals surface area contributed by atoms with E-state index in [4.69, 9.17) is 9.73 Å². The minimum absolute atomic E-state index is 0.